The van der Waals surface area contributed by atoms with E-state index in [2.05, 4.69) is 10.6 Å². The van der Waals surface area contributed by atoms with Gasteiger partial charge in [-0.25, -0.2) is 0 Å². The van der Waals surface area contributed by atoms with Gasteiger partial charge in [-0.1, -0.05) is 60.1 Å². The second-order valence-corrected chi connectivity index (χ2v) is 7.48. The van der Waals surface area contributed by atoms with Crippen molar-refractivity contribution in [2.24, 2.45) is 0 Å². The fourth-order valence-corrected chi connectivity index (χ4v) is 3.12. The first kappa shape index (κ1) is 21.6. The Morgan fingerprint density at radius 1 is 0.900 bits per heavy atom. The van der Waals surface area contributed by atoms with Gasteiger partial charge in [0.15, 0.2) is 0 Å². The highest BCUT2D eigenvalue weighted by Gasteiger charge is 2.21. The Hall–Kier alpha value is -3.15. The summed E-state index contributed by atoms with van der Waals surface area (Å²) in [6.45, 7) is 1.85. The average Bonchev–Trinajstić information content (AvgIpc) is 2.75. The van der Waals surface area contributed by atoms with Crippen LogP contribution in [0.3, 0.4) is 0 Å². The van der Waals surface area contributed by atoms with Crippen molar-refractivity contribution >= 4 is 34.8 Å². The first-order valence-corrected chi connectivity index (χ1v) is 10.0. The third-order valence-electron chi connectivity index (χ3n) is 4.83. The molecule has 0 aromatic heterocycles. The fraction of sp³-hybridized carbons (Fsp3) is 0.167. The molecule has 2 N–H and O–H groups in total. The summed E-state index contributed by atoms with van der Waals surface area (Å²) in [5.41, 5.74) is 3.37. The molecule has 0 saturated heterocycles. The summed E-state index contributed by atoms with van der Waals surface area (Å²) >= 11 is 5.86. The lowest BCUT2D eigenvalue weighted by molar-refractivity contribution is -0.122. The van der Waals surface area contributed by atoms with E-state index in [1.165, 1.54) is 0 Å². The van der Waals surface area contributed by atoms with Crippen molar-refractivity contribution in [1.29, 1.82) is 0 Å². The summed E-state index contributed by atoms with van der Waals surface area (Å²) in [5, 5.41) is 6.40. The summed E-state index contributed by atoms with van der Waals surface area (Å²) in [6.07, 6.45) is 0. The van der Waals surface area contributed by atoms with E-state index in [0.717, 1.165) is 16.8 Å². The Kier molecular flexibility index (Phi) is 7.22. The van der Waals surface area contributed by atoms with E-state index < -0.39 is 6.04 Å². The Morgan fingerprint density at radius 3 is 2.23 bits per heavy atom. The van der Waals surface area contributed by atoms with E-state index >= 15 is 0 Å². The minimum absolute atomic E-state index is 0.0809. The van der Waals surface area contributed by atoms with Gasteiger partial charge in [0.2, 0.25) is 11.8 Å². The summed E-state index contributed by atoms with van der Waals surface area (Å²) in [4.78, 5) is 26.8. The van der Waals surface area contributed by atoms with Crippen molar-refractivity contribution in [2.75, 3.05) is 24.2 Å². The van der Waals surface area contributed by atoms with Crippen molar-refractivity contribution in [1.82, 2.24) is 4.90 Å². The highest BCUT2D eigenvalue weighted by Crippen LogP contribution is 2.27. The zero-order chi connectivity index (χ0) is 21.5. The zero-order valence-electron chi connectivity index (χ0n) is 16.9. The number of para-hydroxylation sites is 1. The highest BCUT2D eigenvalue weighted by molar-refractivity contribution is 6.30. The molecule has 3 rings (SSSR count). The minimum atomic E-state index is -0.496. The van der Waals surface area contributed by atoms with Crippen LogP contribution >= 0.6 is 11.6 Å². The number of nitrogens with zero attached hydrogens (tertiary/aromatic N) is 1. The van der Waals surface area contributed by atoms with Gasteiger partial charge in [-0.05, 0) is 49.9 Å². The number of amides is 2. The number of carbonyl (C=O) groups is 2. The number of rotatable bonds is 7. The number of nitrogens with one attached hydrogen (secondary N) is 2. The van der Waals surface area contributed by atoms with Crippen LogP contribution in [0.4, 0.5) is 11.4 Å². The maximum Gasteiger partial charge on any atom is 0.241 e. The van der Waals surface area contributed by atoms with Crippen molar-refractivity contribution in [3.8, 4) is 11.1 Å². The number of benzene rings is 3. The first-order valence-electron chi connectivity index (χ1n) is 9.65. The van der Waals surface area contributed by atoms with Crippen LogP contribution < -0.4 is 10.6 Å². The molecule has 0 aliphatic rings. The Morgan fingerprint density at radius 2 is 1.53 bits per heavy atom. The lowest BCUT2D eigenvalue weighted by atomic mass is 10.0. The molecular weight excluding hydrogens is 398 g/mol. The molecule has 0 bridgehead atoms. The molecule has 30 heavy (non-hydrogen) atoms. The standard InChI is InChI=1S/C24H24ClN3O2/c1-17(28(2)16-23(29)26-20-14-12-19(25)13-15-20)24(30)27-22-11-7-6-10-21(22)18-8-4-3-5-9-18/h3-15,17H,16H2,1-2H3,(H,26,29)(H,27,30)/t17-/m1/s1. The summed E-state index contributed by atoms with van der Waals surface area (Å²) in [5.74, 6) is -0.385. The molecule has 0 unspecified atom stereocenters. The van der Waals surface area contributed by atoms with Gasteiger partial charge in [0, 0.05) is 22.0 Å². The number of carbonyl (C=O) groups excluding carboxylic acids is 2. The van der Waals surface area contributed by atoms with Gasteiger partial charge in [0.1, 0.15) is 0 Å². The monoisotopic (exact) mass is 421 g/mol. The Balaban J connectivity index is 1.62. The number of likely N-dealkylation sites (N-methyl/N-ethyl adjacent to an activating group) is 1. The molecule has 3 aromatic rings. The number of halogens is 1. The molecule has 0 aliphatic carbocycles. The molecule has 6 heteroatoms. The molecule has 1 atom stereocenters. The van der Waals surface area contributed by atoms with Crippen LogP contribution in [0.15, 0.2) is 78.9 Å². The second-order valence-electron chi connectivity index (χ2n) is 7.05. The molecule has 154 valence electrons. The van der Waals surface area contributed by atoms with Crippen LogP contribution in [0.5, 0.6) is 0 Å². The van der Waals surface area contributed by atoms with Gasteiger partial charge in [-0.2, -0.15) is 0 Å². The summed E-state index contributed by atoms with van der Waals surface area (Å²) in [7, 11) is 1.74. The molecule has 0 radical (unpaired) electrons. The second kappa shape index (κ2) is 10.1. The maximum atomic E-state index is 12.8. The van der Waals surface area contributed by atoms with Gasteiger partial charge in [0.05, 0.1) is 12.6 Å². The van der Waals surface area contributed by atoms with Crippen molar-refractivity contribution < 1.29 is 9.59 Å². The Bertz CT molecular complexity index is 1010. The molecule has 2 amide bonds. The van der Waals surface area contributed by atoms with Crippen LogP contribution in [0, 0.1) is 0 Å². The molecular formula is C24H24ClN3O2. The van der Waals surface area contributed by atoms with Gasteiger partial charge in [-0.15, -0.1) is 0 Å². The average molecular weight is 422 g/mol. The van der Waals surface area contributed by atoms with Gasteiger partial charge in [0.25, 0.3) is 0 Å². The predicted molar refractivity (Wildman–Crippen MR) is 123 cm³/mol. The highest BCUT2D eigenvalue weighted by atomic mass is 35.5. The normalized spacial score (nSPS) is 11.7. The summed E-state index contributed by atoms with van der Waals surface area (Å²) in [6, 6.07) is 23.9. The third-order valence-corrected chi connectivity index (χ3v) is 5.08. The van der Waals surface area contributed by atoms with E-state index in [-0.39, 0.29) is 18.4 Å². The fourth-order valence-electron chi connectivity index (χ4n) is 3.00. The molecule has 3 aromatic carbocycles. The van der Waals surface area contributed by atoms with Gasteiger partial charge < -0.3 is 10.6 Å². The predicted octanol–water partition coefficient (Wildman–Crippen LogP) is 4.90. The third kappa shape index (κ3) is 5.69. The van der Waals surface area contributed by atoms with E-state index in [1.54, 1.807) is 43.1 Å². The summed E-state index contributed by atoms with van der Waals surface area (Å²) < 4.78 is 0. The van der Waals surface area contributed by atoms with E-state index in [4.69, 9.17) is 11.6 Å². The molecule has 5 nitrogen and oxygen atoms in total. The van der Waals surface area contributed by atoms with Crippen molar-refractivity contribution in [3.05, 3.63) is 83.9 Å². The Labute approximate surface area is 181 Å². The molecule has 0 spiro atoms. The smallest absolute Gasteiger partial charge is 0.241 e. The molecule has 0 aliphatic heterocycles. The van der Waals surface area contributed by atoms with Crippen molar-refractivity contribution in [3.63, 3.8) is 0 Å². The van der Waals surface area contributed by atoms with E-state index in [0.29, 0.717) is 10.7 Å². The van der Waals surface area contributed by atoms with Crippen LogP contribution in [-0.2, 0) is 9.59 Å². The topological polar surface area (TPSA) is 61.4 Å². The van der Waals surface area contributed by atoms with Gasteiger partial charge in [-0.3, -0.25) is 14.5 Å². The largest absolute Gasteiger partial charge is 0.325 e. The van der Waals surface area contributed by atoms with Crippen LogP contribution in [0.25, 0.3) is 11.1 Å². The van der Waals surface area contributed by atoms with Gasteiger partial charge >= 0.3 is 0 Å². The van der Waals surface area contributed by atoms with E-state index in [9.17, 15) is 9.59 Å². The SMILES string of the molecule is C[C@H](C(=O)Nc1ccccc1-c1ccccc1)N(C)CC(=O)Nc1ccc(Cl)cc1. The number of hydrogen-bond acceptors (Lipinski definition) is 3. The van der Waals surface area contributed by atoms with Crippen molar-refractivity contribution in [2.45, 2.75) is 13.0 Å². The zero-order valence-corrected chi connectivity index (χ0v) is 17.7. The lowest BCUT2D eigenvalue weighted by Gasteiger charge is -2.24. The quantitative estimate of drug-likeness (QED) is 0.570. The van der Waals surface area contributed by atoms with Crippen LogP contribution in [0.1, 0.15) is 6.92 Å². The molecule has 0 heterocycles. The number of anilines is 2. The maximum absolute atomic E-state index is 12.8. The molecule has 0 fully saturated rings. The van der Waals surface area contributed by atoms with E-state index in [1.807, 2.05) is 54.6 Å². The minimum Gasteiger partial charge on any atom is -0.325 e. The first-order chi connectivity index (χ1) is 14.4. The lowest BCUT2D eigenvalue weighted by Crippen LogP contribution is -2.43. The molecule has 0 saturated carbocycles. The van der Waals surface area contributed by atoms with Crippen LogP contribution in [-0.4, -0.2) is 36.3 Å². The number of hydrogen-bond donors (Lipinski definition) is 2. The van der Waals surface area contributed by atoms with Crippen LogP contribution in [0.2, 0.25) is 5.02 Å².